The van der Waals surface area contributed by atoms with Crippen molar-refractivity contribution in [2.24, 2.45) is 0 Å². The van der Waals surface area contributed by atoms with Crippen LogP contribution in [0.15, 0.2) is 18.2 Å². The van der Waals surface area contributed by atoms with Gasteiger partial charge in [-0.3, -0.25) is 24.5 Å². The molecule has 1 aliphatic rings. The molecular weight excluding hydrogens is 378 g/mol. The predicted molar refractivity (Wildman–Crippen MR) is 96.4 cm³/mol. The second-order valence-electron chi connectivity index (χ2n) is 6.06. The Morgan fingerprint density at radius 3 is 2.48 bits per heavy atom. The number of likely N-dealkylation sites (tertiary alicyclic amines) is 1. The van der Waals surface area contributed by atoms with Crippen LogP contribution < -0.4 is 5.32 Å². The maximum absolute atomic E-state index is 12.0. The van der Waals surface area contributed by atoms with E-state index in [1.54, 1.807) is 4.90 Å². The highest BCUT2D eigenvalue weighted by atomic mass is 35.5. The van der Waals surface area contributed by atoms with Crippen molar-refractivity contribution in [3.8, 4) is 0 Å². The molecule has 0 radical (unpaired) electrons. The van der Waals surface area contributed by atoms with Crippen LogP contribution >= 0.6 is 11.6 Å². The number of benzene rings is 1. The van der Waals surface area contributed by atoms with E-state index in [4.69, 9.17) is 16.3 Å². The third-order valence-corrected chi connectivity index (χ3v) is 4.43. The van der Waals surface area contributed by atoms with Crippen LogP contribution in [0.25, 0.3) is 0 Å². The maximum atomic E-state index is 12.0. The van der Waals surface area contributed by atoms with Gasteiger partial charge in [0.1, 0.15) is 11.6 Å². The summed E-state index contributed by atoms with van der Waals surface area (Å²) in [7, 11) is 0. The minimum Gasteiger partial charge on any atom is -0.454 e. The minimum absolute atomic E-state index is 0.0143. The SMILES string of the molecule is O=C(CNC(=O)c1ccc(Cl)c([N+](=O)[O-])c1)OCC(=O)N1CCCCCC1. The summed E-state index contributed by atoms with van der Waals surface area (Å²) in [4.78, 5) is 47.6. The molecule has 1 saturated heterocycles. The van der Waals surface area contributed by atoms with Gasteiger partial charge in [0.15, 0.2) is 6.61 Å². The van der Waals surface area contributed by atoms with E-state index in [-0.39, 0.29) is 23.1 Å². The molecule has 27 heavy (non-hydrogen) atoms. The zero-order chi connectivity index (χ0) is 19.8. The van der Waals surface area contributed by atoms with E-state index in [0.29, 0.717) is 13.1 Å². The summed E-state index contributed by atoms with van der Waals surface area (Å²) in [5.41, 5.74) is -0.422. The summed E-state index contributed by atoms with van der Waals surface area (Å²) in [5, 5.41) is 13.0. The Morgan fingerprint density at radius 1 is 1.19 bits per heavy atom. The first-order valence-electron chi connectivity index (χ1n) is 8.54. The van der Waals surface area contributed by atoms with Crippen LogP contribution in [0, 0.1) is 10.1 Å². The van der Waals surface area contributed by atoms with Crippen LogP contribution in [0.4, 0.5) is 5.69 Å². The van der Waals surface area contributed by atoms with Gasteiger partial charge < -0.3 is 15.0 Å². The molecule has 146 valence electrons. The van der Waals surface area contributed by atoms with E-state index < -0.39 is 29.0 Å². The lowest BCUT2D eigenvalue weighted by Crippen LogP contribution is -2.37. The fourth-order valence-electron chi connectivity index (χ4n) is 2.65. The van der Waals surface area contributed by atoms with Crippen molar-refractivity contribution >= 4 is 35.1 Å². The second kappa shape index (κ2) is 9.86. The molecule has 2 rings (SSSR count). The summed E-state index contributed by atoms with van der Waals surface area (Å²) in [5.74, 6) is -1.72. The third-order valence-electron chi connectivity index (χ3n) is 4.11. The largest absolute Gasteiger partial charge is 0.454 e. The number of hydrogen-bond donors (Lipinski definition) is 1. The normalized spacial score (nSPS) is 14.2. The number of amides is 2. The van der Waals surface area contributed by atoms with Crippen molar-refractivity contribution in [2.45, 2.75) is 25.7 Å². The van der Waals surface area contributed by atoms with Crippen LogP contribution in [0.3, 0.4) is 0 Å². The summed E-state index contributed by atoms with van der Waals surface area (Å²) in [6.45, 7) is 0.481. The van der Waals surface area contributed by atoms with E-state index in [1.807, 2.05) is 0 Å². The molecule has 0 spiro atoms. The van der Waals surface area contributed by atoms with E-state index in [2.05, 4.69) is 5.32 Å². The fraction of sp³-hybridized carbons (Fsp3) is 0.471. The molecule has 0 aromatic heterocycles. The summed E-state index contributed by atoms with van der Waals surface area (Å²) < 4.78 is 4.89. The van der Waals surface area contributed by atoms with Gasteiger partial charge in [-0.1, -0.05) is 24.4 Å². The molecule has 1 aromatic carbocycles. The molecule has 0 atom stereocenters. The van der Waals surface area contributed by atoms with Gasteiger partial charge in [-0.25, -0.2) is 0 Å². The average Bonchev–Trinajstić information content (AvgIpc) is 2.93. The van der Waals surface area contributed by atoms with Crippen molar-refractivity contribution in [3.05, 3.63) is 38.9 Å². The number of carbonyl (C=O) groups excluding carboxylic acids is 3. The highest BCUT2D eigenvalue weighted by Crippen LogP contribution is 2.24. The van der Waals surface area contributed by atoms with E-state index >= 15 is 0 Å². The molecule has 1 N–H and O–H groups in total. The first-order valence-corrected chi connectivity index (χ1v) is 8.92. The van der Waals surface area contributed by atoms with E-state index in [9.17, 15) is 24.5 Å². The van der Waals surface area contributed by atoms with Gasteiger partial charge in [-0.2, -0.15) is 0 Å². The van der Waals surface area contributed by atoms with Crippen LogP contribution in [-0.4, -0.2) is 53.8 Å². The highest BCUT2D eigenvalue weighted by molar-refractivity contribution is 6.32. The summed E-state index contributed by atoms with van der Waals surface area (Å²) >= 11 is 5.69. The predicted octanol–water partition coefficient (Wildman–Crippen LogP) is 1.92. The van der Waals surface area contributed by atoms with Gasteiger partial charge in [0, 0.05) is 24.7 Å². The Hall–Kier alpha value is -2.68. The maximum Gasteiger partial charge on any atom is 0.325 e. The molecular formula is C17H20ClN3O6. The smallest absolute Gasteiger partial charge is 0.325 e. The molecule has 0 bridgehead atoms. The number of halogens is 1. The fourth-order valence-corrected chi connectivity index (χ4v) is 2.84. The first kappa shape index (κ1) is 20.6. The number of nitro groups is 1. The molecule has 0 saturated carbocycles. The van der Waals surface area contributed by atoms with E-state index in [0.717, 1.165) is 31.7 Å². The number of ether oxygens (including phenoxy) is 1. The Labute approximate surface area is 160 Å². The number of carbonyl (C=O) groups is 3. The van der Waals surface area contributed by atoms with Gasteiger partial charge in [0.2, 0.25) is 0 Å². The lowest BCUT2D eigenvalue weighted by atomic mass is 10.2. The van der Waals surface area contributed by atoms with Crippen LogP contribution in [0.5, 0.6) is 0 Å². The molecule has 9 nitrogen and oxygen atoms in total. The van der Waals surface area contributed by atoms with Gasteiger partial charge in [-0.05, 0) is 25.0 Å². The summed E-state index contributed by atoms with van der Waals surface area (Å²) in [6, 6.07) is 3.55. The van der Waals surface area contributed by atoms with E-state index in [1.165, 1.54) is 12.1 Å². The van der Waals surface area contributed by atoms with Crippen molar-refractivity contribution in [1.82, 2.24) is 10.2 Å². The molecule has 2 amide bonds. The molecule has 10 heteroatoms. The lowest BCUT2D eigenvalue weighted by Gasteiger charge is -2.19. The van der Waals surface area contributed by atoms with Crippen molar-refractivity contribution in [3.63, 3.8) is 0 Å². The van der Waals surface area contributed by atoms with Gasteiger partial charge in [0.25, 0.3) is 17.5 Å². The lowest BCUT2D eigenvalue weighted by molar-refractivity contribution is -0.384. The standard InChI is InChI=1S/C17H20ClN3O6/c18-13-6-5-12(9-14(13)21(25)26)17(24)19-10-16(23)27-11-15(22)20-7-3-1-2-4-8-20/h5-6,9H,1-4,7-8,10-11H2,(H,19,24). The second-order valence-corrected chi connectivity index (χ2v) is 6.47. The average molecular weight is 398 g/mol. The van der Waals surface area contributed by atoms with Crippen molar-refractivity contribution < 1.29 is 24.0 Å². The minimum atomic E-state index is -0.769. The van der Waals surface area contributed by atoms with Crippen LogP contribution in [-0.2, 0) is 14.3 Å². The Balaban J connectivity index is 1.79. The third kappa shape index (κ3) is 6.21. The number of rotatable bonds is 6. The Kier molecular flexibility index (Phi) is 7.54. The van der Waals surface area contributed by atoms with Gasteiger partial charge in [-0.15, -0.1) is 0 Å². The topological polar surface area (TPSA) is 119 Å². The van der Waals surface area contributed by atoms with Crippen LogP contribution in [0.1, 0.15) is 36.0 Å². The number of nitro benzene ring substituents is 1. The van der Waals surface area contributed by atoms with Crippen molar-refractivity contribution in [2.75, 3.05) is 26.2 Å². The Bertz CT molecular complexity index is 731. The molecule has 1 aliphatic heterocycles. The number of nitrogens with zero attached hydrogens (tertiary/aromatic N) is 2. The molecule has 0 unspecified atom stereocenters. The Morgan fingerprint density at radius 2 is 1.85 bits per heavy atom. The molecule has 1 heterocycles. The first-order chi connectivity index (χ1) is 12.9. The monoisotopic (exact) mass is 397 g/mol. The summed E-state index contributed by atoms with van der Waals surface area (Å²) in [6.07, 6.45) is 4.03. The number of hydrogen-bond acceptors (Lipinski definition) is 6. The number of nitrogens with one attached hydrogen (secondary N) is 1. The highest BCUT2D eigenvalue weighted by Gasteiger charge is 2.19. The zero-order valence-electron chi connectivity index (χ0n) is 14.6. The molecule has 1 aromatic rings. The van der Waals surface area contributed by atoms with Gasteiger partial charge in [0.05, 0.1) is 4.92 Å². The quantitative estimate of drug-likeness (QED) is 0.445. The van der Waals surface area contributed by atoms with Crippen molar-refractivity contribution in [1.29, 1.82) is 0 Å². The number of esters is 1. The molecule has 0 aliphatic carbocycles. The van der Waals surface area contributed by atoms with Gasteiger partial charge >= 0.3 is 5.97 Å². The molecule has 1 fully saturated rings. The van der Waals surface area contributed by atoms with Crippen LogP contribution in [0.2, 0.25) is 5.02 Å². The zero-order valence-corrected chi connectivity index (χ0v) is 15.4.